The second kappa shape index (κ2) is 11.6. The van der Waals surface area contributed by atoms with Gasteiger partial charge in [-0.1, -0.05) is 55.5 Å². The van der Waals surface area contributed by atoms with Crippen LogP contribution in [0.4, 0.5) is 0 Å². The molecule has 0 fully saturated rings. The molecule has 2 aromatic carbocycles. The highest BCUT2D eigenvalue weighted by Crippen LogP contribution is 2.31. The molecule has 1 aliphatic heterocycles. The van der Waals surface area contributed by atoms with Gasteiger partial charge in [-0.15, -0.1) is 0 Å². The Kier molecular flexibility index (Phi) is 8.29. The topological polar surface area (TPSA) is 65.9 Å². The molecule has 0 radical (unpaired) electrons. The monoisotopic (exact) mass is 473 g/mol. The lowest BCUT2D eigenvalue weighted by Gasteiger charge is -2.35. The molecule has 184 valence electrons. The van der Waals surface area contributed by atoms with Crippen LogP contribution in [0.5, 0.6) is 0 Å². The average molecular weight is 474 g/mol. The molecule has 0 saturated heterocycles. The number of carbonyl (C=O) groups is 1. The van der Waals surface area contributed by atoms with Gasteiger partial charge in [0, 0.05) is 43.5 Å². The van der Waals surface area contributed by atoms with Crippen molar-refractivity contribution in [3.05, 3.63) is 89.7 Å². The molecule has 0 unspecified atom stereocenters. The Bertz CT molecular complexity index is 1120. The van der Waals surface area contributed by atoms with E-state index in [1.807, 2.05) is 55.6 Å². The minimum absolute atomic E-state index is 0.0572. The smallest absolute Gasteiger partial charge is 0.254 e. The van der Waals surface area contributed by atoms with E-state index in [2.05, 4.69) is 42.1 Å². The van der Waals surface area contributed by atoms with Gasteiger partial charge in [0.05, 0.1) is 25.4 Å². The van der Waals surface area contributed by atoms with E-state index in [9.17, 15) is 9.90 Å². The summed E-state index contributed by atoms with van der Waals surface area (Å²) in [5.41, 5.74) is 4.76. The Morgan fingerprint density at radius 1 is 1.09 bits per heavy atom. The van der Waals surface area contributed by atoms with Crippen molar-refractivity contribution in [2.24, 2.45) is 5.92 Å². The quantitative estimate of drug-likeness (QED) is 0.580. The predicted molar refractivity (Wildman–Crippen MR) is 138 cm³/mol. The van der Waals surface area contributed by atoms with E-state index in [-0.39, 0.29) is 30.6 Å². The highest BCUT2D eigenvalue weighted by atomic mass is 16.5. The molecule has 2 heterocycles. The molecule has 3 atom stereocenters. The van der Waals surface area contributed by atoms with E-state index in [0.29, 0.717) is 25.3 Å². The third-order valence-corrected chi connectivity index (χ3v) is 6.76. The molecule has 6 heteroatoms. The Morgan fingerprint density at radius 3 is 2.51 bits per heavy atom. The van der Waals surface area contributed by atoms with Crippen LogP contribution in [0.2, 0.25) is 0 Å². The Balaban J connectivity index is 1.68. The number of aromatic nitrogens is 1. The van der Waals surface area contributed by atoms with E-state index >= 15 is 0 Å². The second-order valence-corrected chi connectivity index (χ2v) is 9.58. The van der Waals surface area contributed by atoms with Gasteiger partial charge in [-0.25, -0.2) is 0 Å². The van der Waals surface area contributed by atoms with Gasteiger partial charge in [0.2, 0.25) is 0 Å². The van der Waals surface area contributed by atoms with Crippen molar-refractivity contribution in [3.8, 4) is 11.1 Å². The number of hydrogen-bond donors (Lipinski definition) is 1. The van der Waals surface area contributed by atoms with Crippen molar-refractivity contribution in [2.45, 2.75) is 39.1 Å². The fourth-order valence-corrected chi connectivity index (χ4v) is 4.73. The van der Waals surface area contributed by atoms with E-state index in [1.165, 1.54) is 0 Å². The van der Waals surface area contributed by atoms with Crippen LogP contribution in [0.15, 0.2) is 73.1 Å². The number of amides is 1. The summed E-state index contributed by atoms with van der Waals surface area (Å²) < 4.78 is 6.58. The number of hydrogen-bond acceptors (Lipinski definition) is 5. The Hall–Kier alpha value is -3.06. The molecule has 3 aromatic rings. The Morgan fingerprint density at radius 2 is 1.80 bits per heavy atom. The fraction of sp³-hybridized carbons (Fsp3) is 0.379. The molecular weight excluding hydrogens is 438 g/mol. The van der Waals surface area contributed by atoms with Crippen LogP contribution in [-0.4, -0.2) is 64.7 Å². The first-order chi connectivity index (χ1) is 17.0. The zero-order valence-corrected chi connectivity index (χ0v) is 20.8. The van der Waals surface area contributed by atoms with Gasteiger partial charge in [0.25, 0.3) is 5.91 Å². The van der Waals surface area contributed by atoms with Crippen LogP contribution < -0.4 is 0 Å². The molecule has 1 amide bonds. The predicted octanol–water partition coefficient (Wildman–Crippen LogP) is 4.24. The minimum atomic E-state index is -0.303. The number of carbonyl (C=O) groups excluding carboxylic acids is 1. The van der Waals surface area contributed by atoms with Crippen molar-refractivity contribution in [3.63, 3.8) is 0 Å². The molecular formula is C29H35N3O3. The number of rotatable bonds is 6. The lowest BCUT2D eigenvalue weighted by molar-refractivity contribution is -0.0241. The number of aliphatic hydroxyl groups is 1. The van der Waals surface area contributed by atoms with Crippen molar-refractivity contribution in [1.82, 2.24) is 14.8 Å². The highest BCUT2D eigenvalue weighted by Gasteiger charge is 2.30. The Labute approximate surface area is 208 Å². The molecule has 1 aromatic heterocycles. The van der Waals surface area contributed by atoms with Crippen LogP contribution in [0.3, 0.4) is 0 Å². The van der Waals surface area contributed by atoms with E-state index in [4.69, 9.17) is 4.74 Å². The number of pyridine rings is 1. The maximum Gasteiger partial charge on any atom is 0.254 e. The summed E-state index contributed by atoms with van der Waals surface area (Å²) in [5.74, 6) is -0.00473. The lowest BCUT2D eigenvalue weighted by Crippen LogP contribution is -2.47. The first-order valence-electron chi connectivity index (χ1n) is 12.3. The summed E-state index contributed by atoms with van der Waals surface area (Å²) in [5, 5.41) is 9.98. The number of aliphatic hydroxyl groups excluding tert-OH is 1. The zero-order valence-electron chi connectivity index (χ0n) is 20.8. The van der Waals surface area contributed by atoms with E-state index in [0.717, 1.165) is 28.8 Å². The molecule has 0 spiro atoms. The maximum atomic E-state index is 13.8. The lowest BCUT2D eigenvalue weighted by atomic mass is 9.94. The van der Waals surface area contributed by atoms with Gasteiger partial charge in [0.15, 0.2) is 0 Å². The second-order valence-electron chi connectivity index (χ2n) is 9.58. The molecule has 0 aliphatic carbocycles. The minimum Gasteiger partial charge on any atom is -0.394 e. The average Bonchev–Trinajstić information content (AvgIpc) is 2.90. The van der Waals surface area contributed by atoms with Gasteiger partial charge in [-0.05, 0) is 48.4 Å². The number of benzene rings is 2. The summed E-state index contributed by atoms with van der Waals surface area (Å²) in [6.07, 6.45) is 3.56. The van der Waals surface area contributed by atoms with Crippen LogP contribution in [0.1, 0.15) is 35.3 Å². The zero-order chi connectivity index (χ0) is 24.8. The first-order valence-corrected chi connectivity index (χ1v) is 12.3. The molecule has 1 N–H and O–H groups in total. The highest BCUT2D eigenvalue weighted by molar-refractivity contribution is 6.01. The largest absolute Gasteiger partial charge is 0.394 e. The van der Waals surface area contributed by atoms with Crippen LogP contribution in [-0.2, 0) is 17.9 Å². The maximum absolute atomic E-state index is 13.8. The fourth-order valence-electron chi connectivity index (χ4n) is 4.73. The summed E-state index contributed by atoms with van der Waals surface area (Å²) in [7, 11) is 2.08. The summed E-state index contributed by atoms with van der Waals surface area (Å²) >= 11 is 0. The van der Waals surface area contributed by atoms with Crippen molar-refractivity contribution in [2.75, 3.05) is 26.7 Å². The normalized spacial score (nSPS) is 19.6. The van der Waals surface area contributed by atoms with Gasteiger partial charge in [0.1, 0.15) is 0 Å². The van der Waals surface area contributed by atoms with Gasteiger partial charge in [-0.3, -0.25) is 14.7 Å². The molecule has 6 nitrogen and oxygen atoms in total. The van der Waals surface area contributed by atoms with Crippen molar-refractivity contribution in [1.29, 1.82) is 0 Å². The van der Waals surface area contributed by atoms with E-state index < -0.39 is 0 Å². The molecule has 4 rings (SSSR count). The number of likely N-dealkylation sites (N-methyl/N-ethyl adjacent to an activating group) is 1. The van der Waals surface area contributed by atoms with Crippen LogP contribution >= 0.6 is 0 Å². The van der Waals surface area contributed by atoms with Crippen LogP contribution in [0, 0.1) is 5.92 Å². The van der Waals surface area contributed by atoms with Crippen molar-refractivity contribution >= 4 is 5.91 Å². The SMILES string of the molecule is C[C@H]1CN([C@@H](C)CO)C(=O)c2ccccc2-c2ccccc2CO[C@@H]1CN(C)Cc1cccnc1. The molecule has 35 heavy (non-hydrogen) atoms. The summed E-state index contributed by atoms with van der Waals surface area (Å²) in [6.45, 7) is 6.36. The number of fused-ring (bicyclic) bond motifs is 3. The summed E-state index contributed by atoms with van der Waals surface area (Å²) in [6, 6.07) is 19.6. The van der Waals surface area contributed by atoms with Crippen LogP contribution in [0.25, 0.3) is 11.1 Å². The third-order valence-electron chi connectivity index (χ3n) is 6.76. The van der Waals surface area contributed by atoms with Crippen molar-refractivity contribution < 1.29 is 14.6 Å². The number of ether oxygens (including phenoxy) is 1. The van der Waals surface area contributed by atoms with Gasteiger partial charge < -0.3 is 14.7 Å². The van der Waals surface area contributed by atoms with Gasteiger partial charge in [-0.2, -0.15) is 0 Å². The summed E-state index contributed by atoms with van der Waals surface area (Å²) in [4.78, 5) is 22.1. The molecule has 0 saturated carbocycles. The first kappa shape index (κ1) is 25.0. The molecule has 1 aliphatic rings. The van der Waals surface area contributed by atoms with Gasteiger partial charge >= 0.3 is 0 Å². The molecule has 0 bridgehead atoms. The standard InChI is InChI=1S/C29H35N3O3/c1-21-16-32(22(2)19-33)29(34)27-13-7-6-12-26(27)25-11-5-4-10-24(25)20-35-28(21)18-31(3)17-23-9-8-14-30-15-23/h4-15,21-22,28,33H,16-20H2,1-3H3/t21-,22-,28+/m0/s1. The van der Waals surface area contributed by atoms with E-state index in [1.54, 1.807) is 11.1 Å². The third kappa shape index (κ3) is 5.96. The number of nitrogens with zero attached hydrogens (tertiary/aromatic N) is 3.